The van der Waals surface area contributed by atoms with Gasteiger partial charge in [-0.05, 0) is 43.2 Å². The van der Waals surface area contributed by atoms with Gasteiger partial charge in [0.05, 0.1) is 16.6 Å². The van der Waals surface area contributed by atoms with Crippen molar-refractivity contribution in [1.29, 1.82) is 0 Å². The van der Waals surface area contributed by atoms with Crippen LogP contribution in [0.2, 0.25) is 5.02 Å². The van der Waals surface area contributed by atoms with E-state index in [0.717, 1.165) is 79.2 Å². The number of hydrogen-bond acceptors (Lipinski definition) is 7. The lowest BCUT2D eigenvalue weighted by Crippen LogP contribution is -2.47. The molecule has 7 rings (SSSR count). The van der Waals surface area contributed by atoms with E-state index in [1.807, 2.05) is 48.5 Å². The summed E-state index contributed by atoms with van der Waals surface area (Å²) in [4.78, 5) is 18.7. The lowest BCUT2D eigenvalue weighted by molar-refractivity contribution is 0.104. The van der Waals surface area contributed by atoms with E-state index < -0.39 is 0 Å². The predicted octanol–water partition coefficient (Wildman–Crippen LogP) is 6.64. The minimum absolute atomic E-state index is 0.0478. The second kappa shape index (κ2) is 10.8. The zero-order valence-corrected chi connectivity index (χ0v) is 23.3. The van der Waals surface area contributed by atoms with Crippen molar-refractivity contribution in [3.05, 3.63) is 70.7 Å². The molecule has 2 heterocycles. The third-order valence-corrected chi connectivity index (χ3v) is 8.80. The smallest absolute Gasteiger partial charge is 0.196 e. The molecular formula is C32H33ClN4O3. The summed E-state index contributed by atoms with van der Waals surface area (Å²) in [6.45, 7) is 5.06. The number of carbonyl (C=O) groups excluding carboxylic acids is 1. The zero-order chi connectivity index (χ0) is 27.1. The number of ether oxygens (including phenoxy) is 1. The maximum absolute atomic E-state index is 13.9. The predicted molar refractivity (Wildman–Crippen MR) is 159 cm³/mol. The number of rotatable bonds is 7. The first kappa shape index (κ1) is 25.4. The summed E-state index contributed by atoms with van der Waals surface area (Å²) in [5.41, 5.74) is 4.95. The summed E-state index contributed by atoms with van der Waals surface area (Å²) in [6, 6.07) is 17.7. The number of benzene rings is 3. The van der Waals surface area contributed by atoms with Crippen molar-refractivity contribution in [1.82, 2.24) is 10.1 Å². The minimum atomic E-state index is 0.0478. The summed E-state index contributed by atoms with van der Waals surface area (Å²) >= 11 is 5.98. The highest BCUT2D eigenvalue weighted by atomic mass is 35.5. The molecule has 4 aromatic rings. The fourth-order valence-corrected chi connectivity index (χ4v) is 6.53. The molecule has 2 fully saturated rings. The van der Waals surface area contributed by atoms with Crippen LogP contribution < -0.4 is 15.0 Å². The van der Waals surface area contributed by atoms with Crippen molar-refractivity contribution in [3.63, 3.8) is 0 Å². The number of piperazine rings is 1. The number of fused-ring (bicyclic) bond motifs is 2. The molecule has 1 aliphatic heterocycles. The Labute approximate surface area is 239 Å². The summed E-state index contributed by atoms with van der Waals surface area (Å²) in [7, 11) is 0. The number of carbonyl (C=O) groups is 1. The van der Waals surface area contributed by atoms with Crippen LogP contribution in [0.25, 0.3) is 22.2 Å². The van der Waals surface area contributed by atoms with Gasteiger partial charge in [0.25, 0.3) is 0 Å². The maximum atomic E-state index is 13.9. The van der Waals surface area contributed by atoms with Crippen molar-refractivity contribution in [3.8, 4) is 17.1 Å². The number of nitrogens with zero attached hydrogens (tertiary/aromatic N) is 3. The van der Waals surface area contributed by atoms with E-state index in [1.165, 1.54) is 19.3 Å². The molecule has 0 radical (unpaired) electrons. The quantitative estimate of drug-likeness (QED) is 0.241. The number of aromatic nitrogens is 1. The van der Waals surface area contributed by atoms with E-state index in [0.29, 0.717) is 34.6 Å². The van der Waals surface area contributed by atoms with E-state index in [-0.39, 0.29) is 5.78 Å². The highest BCUT2D eigenvalue weighted by molar-refractivity contribution is 6.30. The molecule has 7 nitrogen and oxygen atoms in total. The van der Waals surface area contributed by atoms with Gasteiger partial charge in [-0.15, -0.1) is 0 Å². The number of ketones is 1. The monoisotopic (exact) mass is 556 g/mol. The largest absolute Gasteiger partial charge is 0.492 e. The molecule has 40 heavy (non-hydrogen) atoms. The highest BCUT2D eigenvalue weighted by Crippen LogP contribution is 2.46. The fraction of sp³-hybridized carbons (Fsp3) is 0.375. The van der Waals surface area contributed by atoms with Crippen LogP contribution in [0.4, 0.5) is 11.4 Å². The van der Waals surface area contributed by atoms with Gasteiger partial charge in [-0.25, -0.2) is 0 Å². The fourth-order valence-electron chi connectivity index (χ4n) is 6.40. The zero-order valence-electron chi connectivity index (χ0n) is 22.5. The Morgan fingerprint density at radius 2 is 1.73 bits per heavy atom. The molecule has 206 valence electrons. The lowest BCUT2D eigenvalue weighted by atomic mass is 9.85. The third-order valence-electron chi connectivity index (χ3n) is 8.55. The van der Waals surface area contributed by atoms with E-state index in [4.69, 9.17) is 20.9 Å². The molecule has 1 saturated heterocycles. The van der Waals surface area contributed by atoms with Gasteiger partial charge in [0.15, 0.2) is 11.5 Å². The van der Waals surface area contributed by atoms with Crippen molar-refractivity contribution >= 4 is 39.7 Å². The van der Waals surface area contributed by atoms with E-state index >= 15 is 0 Å². The van der Waals surface area contributed by atoms with Gasteiger partial charge in [0.1, 0.15) is 17.9 Å². The van der Waals surface area contributed by atoms with Crippen LogP contribution >= 0.6 is 11.6 Å². The molecule has 3 aliphatic rings. The average Bonchev–Trinajstić information content (AvgIpc) is 3.43. The summed E-state index contributed by atoms with van der Waals surface area (Å²) < 4.78 is 11.9. The Morgan fingerprint density at radius 3 is 2.50 bits per heavy atom. The Morgan fingerprint density at radius 1 is 0.975 bits per heavy atom. The van der Waals surface area contributed by atoms with E-state index in [9.17, 15) is 4.79 Å². The number of hydrogen-bond donors (Lipinski definition) is 1. The second-order valence-corrected chi connectivity index (χ2v) is 11.5. The Balaban J connectivity index is 1.15. The van der Waals surface area contributed by atoms with Crippen LogP contribution in [-0.4, -0.2) is 61.2 Å². The van der Waals surface area contributed by atoms with Gasteiger partial charge < -0.3 is 19.5 Å². The first-order valence-electron chi connectivity index (χ1n) is 14.4. The van der Waals surface area contributed by atoms with Gasteiger partial charge >= 0.3 is 0 Å². The standard InChI is InChI=1S/C32H33ClN4O3/c33-21-10-12-23(13-11-21)39-19-18-36-14-16-37(17-15-36)27-20-26(34-22-6-2-1-3-7-22)28-29-30(27)35-40-32(29)25-9-5-4-8-24(25)31(28)38/h4-5,8-13,20,22,34H,1-3,6-7,14-19H2. The van der Waals surface area contributed by atoms with Gasteiger partial charge in [0, 0.05) is 60.6 Å². The Bertz CT molecular complexity index is 1540. The van der Waals surface area contributed by atoms with Gasteiger partial charge in [0.2, 0.25) is 0 Å². The number of anilines is 2. The molecule has 8 heteroatoms. The van der Waals surface area contributed by atoms with Crippen molar-refractivity contribution in [2.75, 3.05) is 49.5 Å². The van der Waals surface area contributed by atoms with Gasteiger partial charge in [-0.2, -0.15) is 0 Å². The lowest BCUT2D eigenvalue weighted by Gasteiger charge is -2.36. The number of nitrogens with one attached hydrogen (secondary N) is 1. The maximum Gasteiger partial charge on any atom is 0.196 e. The molecule has 0 unspecified atom stereocenters. The van der Waals surface area contributed by atoms with Crippen LogP contribution in [0, 0.1) is 0 Å². The molecule has 0 bridgehead atoms. The van der Waals surface area contributed by atoms with Gasteiger partial charge in [-0.3, -0.25) is 9.69 Å². The van der Waals surface area contributed by atoms with Crippen LogP contribution in [0.1, 0.15) is 48.0 Å². The molecular weight excluding hydrogens is 524 g/mol. The average molecular weight is 557 g/mol. The molecule has 1 N–H and O–H groups in total. The molecule has 0 atom stereocenters. The van der Waals surface area contributed by atoms with Crippen molar-refractivity contribution < 1.29 is 14.1 Å². The van der Waals surface area contributed by atoms with Crippen LogP contribution in [-0.2, 0) is 0 Å². The minimum Gasteiger partial charge on any atom is -0.492 e. The van der Waals surface area contributed by atoms with Crippen molar-refractivity contribution in [2.24, 2.45) is 0 Å². The summed E-state index contributed by atoms with van der Waals surface area (Å²) in [6.07, 6.45) is 5.99. The molecule has 0 amide bonds. The molecule has 1 saturated carbocycles. The van der Waals surface area contributed by atoms with Gasteiger partial charge in [-0.1, -0.05) is 60.3 Å². The first-order chi connectivity index (χ1) is 19.7. The summed E-state index contributed by atoms with van der Waals surface area (Å²) in [5, 5.41) is 9.90. The van der Waals surface area contributed by atoms with Crippen molar-refractivity contribution in [2.45, 2.75) is 38.1 Å². The second-order valence-electron chi connectivity index (χ2n) is 11.0. The first-order valence-corrected chi connectivity index (χ1v) is 14.8. The molecule has 3 aromatic carbocycles. The number of halogens is 1. The third kappa shape index (κ3) is 4.71. The van der Waals surface area contributed by atoms with E-state index in [2.05, 4.69) is 26.3 Å². The molecule has 1 aromatic heterocycles. The molecule has 2 aliphatic carbocycles. The normalized spacial score (nSPS) is 17.7. The topological polar surface area (TPSA) is 70.8 Å². The Kier molecular flexibility index (Phi) is 6.86. The molecule has 0 spiro atoms. The highest BCUT2D eigenvalue weighted by Gasteiger charge is 2.34. The summed E-state index contributed by atoms with van der Waals surface area (Å²) in [5.74, 6) is 1.58. The Hall–Kier alpha value is -3.55. The van der Waals surface area contributed by atoms with Crippen LogP contribution in [0.15, 0.2) is 59.1 Å². The van der Waals surface area contributed by atoms with E-state index in [1.54, 1.807) is 0 Å². The SMILES string of the molecule is O=C1c2ccccc2-c2onc3c(N4CCN(CCOc5ccc(Cl)cc5)CC4)cc(NC4CCCCC4)c1c23. The van der Waals surface area contributed by atoms with Crippen LogP contribution in [0.3, 0.4) is 0 Å². The van der Waals surface area contributed by atoms with Crippen LogP contribution in [0.5, 0.6) is 5.75 Å².